The number of carbonyl (C=O) groups excluding carboxylic acids is 1. The van der Waals surface area contributed by atoms with Crippen molar-refractivity contribution < 1.29 is 39.2 Å². The summed E-state index contributed by atoms with van der Waals surface area (Å²) in [5.41, 5.74) is 0.231. The van der Waals surface area contributed by atoms with Crippen molar-refractivity contribution in [3.8, 4) is 11.5 Å². The average molecular weight is 412 g/mol. The van der Waals surface area contributed by atoms with E-state index in [1.54, 1.807) is 11.0 Å². The molecule has 0 bridgehead atoms. The molecule has 2 atom stereocenters. The Morgan fingerprint density at radius 2 is 2.14 bits per heavy atom. The van der Waals surface area contributed by atoms with Crippen LogP contribution in [0.5, 0.6) is 11.5 Å². The van der Waals surface area contributed by atoms with Crippen LogP contribution in [0.3, 0.4) is 0 Å². The number of carboxylic acid groups (broad SMARTS) is 1. The van der Waals surface area contributed by atoms with Gasteiger partial charge in [0.15, 0.2) is 0 Å². The van der Waals surface area contributed by atoms with E-state index < -0.39 is 17.9 Å². The summed E-state index contributed by atoms with van der Waals surface area (Å²) in [7, 11) is 1.32. The minimum absolute atomic E-state index is 0.00637. The number of rotatable bonds is 6. The monoisotopic (exact) mass is 412 g/mol. The van der Waals surface area contributed by atoms with E-state index in [2.05, 4.69) is 0 Å². The molecule has 1 aromatic rings. The maximum atomic E-state index is 12.4. The second-order valence-electron chi connectivity index (χ2n) is 6.93. The molecule has 0 aromatic heterocycles. The molecule has 11 heteroatoms. The Kier molecular flexibility index (Phi) is 6.08. The molecule has 3 rings (SSSR count). The normalized spacial score (nSPS) is 23.1. The van der Waals surface area contributed by atoms with E-state index >= 15 is 0 Å². The molecule has 1 unspecified atom stereocenters. The van der Waals surface area contributed by atoms with Crippen molar-refractivity contribution in [2.75, 3.05) is 26.0 Å². The molecule has 154 valence electrons. The first-order valence-corrected chi connectivity index (χ1v) is 10.1. The molecule has 1 aromatic carbocycles. The Hall–Kier alpha value is -1.95. The first-order chi connectivity index (χ1) is 13.3. The Bertz CT molecular complexity index is 774. The summed E-state index contributed by atoms with van der Waals surface area (Å²) < 4.78 is 10.3. The van der Waals surface area contributed by atoms with Gasteiger partial charge in [0.05, 0.1) is 31.3 Å². The van der Waals surface area contributed by atoms with Crippen molar-refractivity contribution in [2.24, 2.45) is 0 Å². The van der Waals surface area contributed by atoms with Gasteiger partial charge in [-0.2, -0.15) is 11.8 Å². The van der Waals surface area contributed by atoms with E-state index in [0.717, 1.165) is 24.6 Å². The molecule has 4 N–H and O–H groups in total. The number of aliphatic hydroxyl groups excluding tert-OH is 1. The molecule has 28 heavy (non-hydrogen) atoms. The van der Waals surface area contributed by atoms with E-state index in [0.29, 0.717) is 12.1 Å². The topological polar surface area (TPSA) is 137 Å². The van der Waals surface area contributed by atoms with Crippen LogP contribution in [0.15, 0.2) is 12.1 Å². The van der Waals surface area contributed by atoms with Crippen molar-refractivity contribution in [3.05, 3.63) is 23.3 Å². The molecule has 2 aliphatic rings. The van der Waals surface area contributed by atoms with Crippen molar-refractivity contribution in [2.45, 2.75) is 30.5 Å². The number of aromatic carboxylic acids is 1. The summed E-state index contributed by atoms with van der Waals surface area (Å²) in [5, 5.41) is 38.8. The second kappa shape index (κ2) is 8.20. The number of amides is 1. The molecule has 0 saturated carbocycles. The summed E-state index contributed by atoms with van der Waals surface area (Å²) in [4.78, 5) is 25.6. The van der Waals surface area contributed by atoms with Crippen LogP contribution < -0.4 is 9.39 Å². The van der Waals surface area contributed by atoms with E-state index in [4.69, 9.17) is 9.39 Å². The highest BCUT2D eigenvalue weighted by Crippen LogP contribution is 2.40. The summed E-state index contributed by atoms with van der Waals surface area (Å²) in [5.74, 6) is -1.54. The van der Waals surface area contributed by atoms with Gasteiger partial charge in [0.1, 0.15) is 11.3 Å². The standard InChI is InChI=1S/C17H23BNO8S/c1-26-12-5-4-10-7-13(18(24,25)27-16(10)15(12)17(22)23)28-9-14(21)19-6-2-3-11(19)8-20/h4-5,11,13,20,24-25H,2-3,6-9H2,1H3,(H,22,23)/q-1/t11?,13-/m0/s1. The van der Waals surface area contributed by atoms with Crippen LogP contribution in [0.2, 0.25) is 0 Å². The maximum absolute atomic E-state index is 12.4. The number of methoxy groups -OCH3 is 1. The highest BCUT2D eigenvalue weighted by Gasteiger charge is 2.42. The number of benzene rings is 1. The van der Waals surface area contributed by atoms with Crippen LogP contribution in [0.25, 0.3) is 0 Å². The van der Waals surface area contributed by atoms with Gasteiger partial charge in [-0.25, -0.2) is 4.79 Å². The average Bonchev–Trinajstić information content (AvgIpc) is 3.13. The Morgan fingerprint density at radius 1 is 1.39 bits per heavy atom. The molecular weight excluding hydrogens is 389 g/mol. The summed E-state index contributed by atoms with van der Waals surface area (Å²) in [6.07, 6.45) is 1.71. The number of ether oxygens (including phenoxy) is 1. The van der Waals surface area contributed by atoms with Gasteiger partial charge in [-0.1, -0.05) is 6.07 Å². The molecule has 1 amide bonds. The smallest absolute Gasteiger partial charge is 0.443 e. The number of fused-ring (bicyclic) bond motifs is 1. The highest BCUT2D eigenvalue weighted by atomic mass is 32.2. The van der Waals surface area contributed by atoms with Crippen LogP contribution in [-0.2, 0) is 11.2 Å². The van der Waals surface area contributed by atoms with E-state index in [1.807, 2.05) is 0 Å². The van der Waals surface area contributed by atoms with Gasteiger partial charge in [-0.3, -0.25) is 4.79 Å². The predicted octanol–water partition coefficient (Wildman–Crippen LogP) is -0.124. The zero-order valence-electron chi connectivity index (χ0n) is 15.4. The Morgan fingerprint density at radius 3 is 2.79 bits per heavy atom. The lowest BCUT2D eigenvalue weighted by Crippen LogP contribution is -2.56. The summed E-state index contributed by atoms with van der Waals surface area (Å²) in [6.45, 7) is -2.90. The van der Waals surface area contributed by atoms with Gasteiger partial charge in [0.2, 0.25) is 5.91 Å². The molecule has 2 aliphatic heterocycles. The Balaban J connectivity index is 1.76. The first-order valence-electron chi connectivity index (χ1n) is 9.01. The fraction of sp³-hybridized carbons (Fsp3) is 0.529. The van der Waals surface area contributed by atoms with Crippen molar-refractivity contribution in [1.29, 1.82) is 0 Å². The quantitative estimate of drug-likeness (QED) is 0.471. The van der Waals surface area contributed by atoms with Crippen LogP contribution in [0.4, 0.5) is 0 Å². The van der Waals surface area contributed by atoms with Gasteiger partial charge in [0.25, 0.3) is 0 Å². The number of aliphatic hydroxyl groups is 1. The SMILES string of the molecule is COc1ccc2c(c1C(=O)O)O[B-](O)(O)[C@@H](SCC(=O)N1CCCC1CO)C2. The molecule has 9 nitrogen and oxygen atoms in total. The Labute approximate surface area is 166 Å². The van der Waals surface area contributed by atoms with E-state index in [1.165, 1.54) is 13.2 Å². The first kappa shape index (κ1) is 20.8. The fourth-order valence-electron chi connectivity index (χ4n) is 3.69. The van der Waals surface area contributed by atoms with Crippen LogP contribution in [0, 0.1) is 0 Å². The van der Waals surface area contributed by atoms with E-state index in [9.17, 15) is 29.9 Å². The van der Waals surface area contributed by atoms with Gasteiger partial charge >= 0.3 is 12.7 Å². The molecule has 0 radical (unpaired) electrons. The third-order valence-corrected chi connectivity index (χ3v) is 6.52. The minimum atomic E-state index is -3.38. The third-order valence-electron chi connectivity index (χ3n) is 5.16. The van der Waals surface area contributed by atoms with Gasteiger partial charge in [0, 0.05) is 6.54 Å². The molecule has 0 spiro atoms. The van der Waals surface area contributed by atoms with Gasteiger partial charge in [-0.05, 0) is 36.0 Å². The third kappa shape index (κ3) is 3.93. The van der Waals surface area contributed by atoms with Crippen molar-refractivity contribution in [1.82, 2.24) is 4.90 Å². The largest absolute Gasteiger partial charge is 0.669 e. The second-order valence-corrected chi connectivity index (χ2v) is 8.16. The predicted molar refractivity (Wildman–Crippen MR) is 103 cm³/mol. The van der Waals surface area contributed by atoms with Crippen LogP contribution in [-0.4, -0.2) is 81.0 Å². The van der Waals surface area contributed by atoms with E-state index in [-0.39, 0.29) is 47.8 Å². The number of carbonyl (C=O) groups is 2. The van der Waals surface area contributed by atoms with Crippen LogP contribution in [0.1, 0.15) is 28.8 Å². The lowest BCUT2D eigenvalue weighted by atomic mass is 9.69. The number of carboxylic acids is 1. The van der Waals surface area contributed by atoms with Crippen molar-refractivity contribution in [3.63, 3.8) is 0 Å². The molecular formula is C17H23BNO8S-. The molecule has 1 fully saturated rings. The summed E-state index contributed by atoms with van der Waals surface area (Å²) >= 11 is 1.05. The number of hydrogen-bond donors (Lipinski definition) is 4. The lowest BCUT2D eigenvalue weighted by molar-refractivity contribution is -0.129. The van der Waals surface area contributed by atoms with Crippen molar-refractivity contribution >= 4 is 30.4 Å². The maximum Gasteiger partial charge on any atom is 0.443 e. The highest BCUT2D eigenvalue weighted by molar-refractivity contribution is 8.02. The molecule has 0 aliphatic carbocycles. The number of nitrogens with zero attached hydrogens (tertiary/aromatic N) is 1. The molecule has 1 saturated heterocycles. The zero-order valence-corrected chi connectivity index (χ0v) is 16.2. The number of likely N-dealkylation sites (tertiary alicyclic amines) is 1. The van der Waals surface area contributed by atoms with Gasteiger partial charge < -0.3 is 34.6 Å². The lowest BCUT2D eigenvalue weighted by Gasteiger charge is -2.43. The number of hydrogen-bond acceptors (Lipinski definition) is 8. The molecule has 2 heterocycles. The van der Waals surface area contributed by atoms with Gasteiger partial charge in [-0.15, -0.1) is 0 Å². The zero-order chi connectivity index (χ0) is 20.5. The van der Waals surface area contributed by atoms with Crippen LogP contribution >= 0.6 is 11.8 Å². The minimum Gasteiger partial charge on any atom is -0.669 e. The number of thioether (sulfide) groups is 1. The fourth-order valence-corrected chi connectivity index (χ4v) is 4.82. The summed E-state index contributed by atoms with van der Waals surface area (Å²) in [6, 6.07) is 2.91.